The highest BCUT2D eigenvalue weighted by Gasteiger charge is 2.16. The van der Waals surface area contributed by atoms with E-state index in [4.69, 9.17) is 5.73 Å². The molecule has 0 aliphatic rings. The maximum Gasteiger partial charge on any atom is 0.194 e. The molecule has 0 bridgehead atoms. The Labute approximate surface area is 115 Å². The predicted octanol–water partition coefficient (Wildman–Crippen LogP) is 2.64. The summed E-state index contributed by atoms with van der Waals surface area (Å²) in [5, 5.41) is 4.28. The Balaban J connectivity index is 2.23. The average molecular weight is 283 g/mol. The van der Waals surface area contributed by atoms with Gasteiger partial charge >= 0.3 is 0 Å². The van der Waals surface area contributed by atoms with E-state index >= 15 is 0 Å². The van der Waals surface area contributed by atoms with E-state index in [1.807, 2.05) is 13.0 Å². The van der Waals surface area contributed by atoms with Crippen LogP contribution in [0.4, 0.5) is 13.2 Å². The molecule has 0 amide bonds. The van der Waals surface area contributed by atoms with Crippen molar-refractivity contribution in [1.82, 2.24) is 9.78 Å². The molecule has 0 saturated heterocycles. The SMILES string of the molecule is CCc1cc(CC(N)c2cc(F)c(F)c(F)c2)n(C)n1. The Bertz CT molecular complexity index is 599. The molecule has 1 unspecified atom stereocenters. The van der Waals surface area contributed by atoms with Crippen molar-refractivity contribution in [2.45, 2.75) is 25.8 Å². The highest BCUT2D eigenvalue weighted by molar-refractivity contribution is 5.24. The van der Waals surface area contributed by atoms with Crippen LogP contribution in [0.1, 0.15) is 29.9 Å². The minimum Gasteiger partial charge on any atom is -0.324 e. The fourth-order valence-electron chi connectivity index (χ4n) is 2.07. The fraction of sp³-hybridized carbons (Fsp3) is 0.357. The minimum atomic E-state index is -1.48. The molecular weight excluding hydrogens is 267 g/mol. The topological polar surface area (TPSA) is 43.8 Å². The highest BCUT2D eigenvalue weighted by Crippen LogP contribution is 2.21. The Morgan fingerprint density at radius 3 is 2.30 bits per heavy atom. The molecule has 1 atom stereocenters. The second-order valence-corrected chi connectivity index (χ2v) is 4.71. The van der Waals surface area contributed by atoms with E-state index < -0.39 is 23.5 Å². The summed E-state index contributed by atoms with van der Waals surface area (Å²) in [6.45, 7) is 1.98. The molecule has 0 saturated carbocycles. The Hall–Kier alpha value is -1.82. The molecule has 0 fully saturated rings. The van der Waals surface area contributed by atoms with E-state index in [-0.39, 0.29) is 5.56 Å². The Morgan fingerprint density at radius 1 is 1.20 bits per heavy atom. The average Bonchev–Trinajstić information content (AvgIpc) is 2.76. The van der Waals surface area contributed by atoms with Gasteiger partial charge in [0.2, 0.25) is 0 Å². The van der Waals surface area contributed by atoms with Crippen LogP contribution in [-0.4, -0.2) is 9.78 Å². The molecule has 3 nitrogen and oxygen atoms in total. The zero-order valence-corrected chi connectivity index (χ0v) is 11.3. The van der Waals surface area contributed by atoms with Crippen molar-refractivity contribution in [3.8, 4) is 0 Å². The van der Waals surface area contributed by atoms with Crippen LogP contribution in [-0.2, 0) is 19.9 Å². The van der Waals surface area contributed by atoms with Crippen LogP contribution in [0.5, 0.6) is 0 Å². The summed E-state index contributed by atoms with van der Waals surface area (Å²) in [6, 6.07) is 3.14. The maximum absolute atomic E-state index is 13.2. The number of benzene rings is 1. The van der Waals surface area contributed by atoms with E-state index in [2.05, 4.69) is 5.10 Å². The first kappa shape index (κ1) is 14.6. The van der Waals surface area contributed by atoms with Crippen molar-refractivity contribution >= 4 is 0 Å². The minimum absolute atomic E-state index is 0.223. The zero-order chi connectivity index (χ0) is 14.9. The van der Waals surface area contributed by atoms with Gasteiger partial charge in [0.05, 0.1) is 5.69 Å². The third-order valence-corrected chi connectivity index (χ3v) is 3.25. The Kier molecular flexibility index (Phi) is 4.13. The molecule has 2 aromatic rings. The van der Waals surface area contributed by atoms with Crippen molar-refractivity contribution in [3.63, 3.8) is 0 Å². The van der Waals surface area contributed by atoms with Gasteiger partial charge in [-0.1, -0.05) is 6.92 Å². The van der Waals surface area contributed by atoms with E-state index in [0.717, 1.165) is 29.9 Å². The van der Waals surface area contributed by atoms with E-state index in [9.17, 15) is 13.2 Å². The van der Waals surface area contributed by atoms with Crippen molar-refractivity contribution in [1.29, 1.82) is 0 Å². The summed E-state index contributed by atoms with van der Waals surface area (Å²) in [5.41, 5.74) is 7.94. The van der Waals surface area contributed by atoms with Crippen LogP contribution < -0.4 is 5.73 Å². The van der Waals surface area contributed by atoms with Gasteiger partial charge in [-0.05, 0) is 30.2 Å². The second-order valence-electron chi connectivity index (χ2n) is 4.71. The molecule has 20 heavy (non-hydrogen) atoms. The fourth-order valence-corrected chi connectivity index (χ4v) is 2.07. The van der Waals surface area contributed by atoms with Crippen LogP contribution in [0, 0.1) is 17.5 Å². The number of nitrogens with two attached hydrogens (primary N) is 1. The van der Waals surface area contributed by atoms with Crippen LogP contribution in [0.2, 0.25) is 0 Å². The summed E-state index contributed by atoms with van der Waals surface area (Å²) in [5.74, 6) is -3.93. The molecule has 1 aromatic carbocycles. The van der Waals surface area contributed by atoms with Gasteiger partial charge in [0.1, 0.15) is 0 Å². The molecule has 1 aromatic heterocycles. The number of nitrogens with zero attached hydrogens (tertiary/aromatic N) is 2. The van der Waals surface area contributed by atoms with Gasteiger partial charge in [-0.2, -0.15) is 5.10 Å². The summed E-state index contributed by atoms with van der Waals surface area (Å²) in [6.07, 6.45) is 1.16. The molecule has 0 aliphatic heterocycles. The number of hydrogen-bond acceptors (Lipinski definition) is 2. The smallest absolute Gasteiger partial charge is 0.194 e. The summed E-state index contributed by atoms with van der Waals surface area (Å²) in [4.78, 5) is 0. The molecule has 6 heteroatoms. The molecule has 2 N–H and O–H groups in total. The van der Waals surface area contributed by atoms with Crippen LogP contribution in [0.3, 0.4) is 0 Å². The maximum atomic E-state index is 13.2. The van der Waals surface area contributed by atoms with E-state index in [0.29, 0.717) is 6.42 Å². The summed E-state index contributed by atoms with van der Waals surface area (Å²) < 4.78 is 41.0. The lowest BCUT2D eigenvalue weighted by atomic mass is 10.0. The molecule has 108 valence electrons. The molecule has 0 aliphatic carbocycles. The van der Waals surface area contributed by atoms with Crippen LogP contribution in [0.25, 0.3) is 0 Å². The largest absolute Gasteiger partial charge is 0.324 e. The first-order chi connectivity index (χ1) is 9.42. The van der Waals surface area contributed by atoms with Gasteiger partial charge in [-0.3, -0.25) is 4.68 Å². The number of aryl methyl sites for hydroxylation is 2. The Morgan fingerprint density at radius 2 is 1.80 bits per heavy atom. The number of halogens is 3. The lowest BCUT2D eigenvalue weighted by Gasteiger charge is -2.12. The second kappa shape index (κ2) is 5.66. The van der Waals surface area contributed by atoms with Crippen molar-refractivity contribution in [3.05, 3.63) is 52.6 Å². The molecular formula is C14H16F3N3. The van der Waals surface area contributed by atoms with Crippen molar-refractivity contribution < 1.29 is 13.2 Å². The first-order valence-corrected chi connectivity index (χ1v) is 6.34. The van der Waals surface area contributed by atoms with Gasteiger partial charge < -0.3 is 5.73 Å². The van der Waals surface area contributed by atoms with Gasteiger partial charge in [0, 0.05) is 25.2 Å². The number of rotatable bonds is 4. The van der Waals surface area contributed by atoms with Crippen molar-refractivity contribution in [2.75, 3.05) is 0 Å². The van der Waals surface area contributed by atoms with Crippen molar-refractivity contribution in [2.24, 2.45) is 12.8 Å². The van der Waals surface area contributed by atoms with Gasteiger partial charge in [0.25, 0.3) is 0 Å². The molecule has 2 rings (SSSR count). The van der Waals surface area contributed by atoms with Gasteiger partial charge in [-0.25, -0.2) is 13.2 Å². The lowest BCUT2D eigenvalue weighted by Crippen LogP contribution is -2.16. The van der Waals surface area contributed by atoms with Gasteiger partial charge in [-0.15, -0.1) is 0 Å². The molecule has 1 heterocycles. The summed E-state index contributed by atoms with van der Waals surface area (Å²) >= 11 is 0. The van der Waals surface area contributed by atoms with Crippen LogP contribution >= 0.6 is 0 Å². The van der Waals surface area contributed by atoms with Gasteiger partial charge in [0.15, 0.2) is 17.5 Å². The third-order valence-electron chi connectivity index (χ3n) is 3.25. The predicted molar refractivity (Wildman–Crippen MR) is 69.5 cm³/mol. The lowest BCUT2D eigenvalue weighted by molar-refractivity contribution is 0.443. The number of hydrogen-bond donors (Lipinski definition) is 1. The molecule has 0 spiro atoms. The van der Waals surface area contributed by atoms with E-state index in [1.165, 1.54) is 0 Å². The number of aromatic nitrogens is 2. The monoisotopic (exact) mass is 283 g/mol. The quantitative estimate of drug-likeness (QED) is 0.877. The van der Waals surface area contributed by atoms with Crippen LogP contribution in [0.15, 0.2) is 18.2 Å². The normalized spacial score (nSPS) is 12.7. The molecule has 0 radical (unpaired) electrons. The zero-order valence-electron chi connectivity index (χ0n) is 11.3. The highest BCUT2D eigenvalue weighted by atomic mass is 19.2. The summed E-state index contributed by atoms with van der Waals surface area (Å²) in [7, 11) is 1.78. The standard InChI is InChI=1S/C14H16F3N3/c1-3-9-6-10(20(2)19-9)7-13(18)8-4-11(15)14(17)12(16)5-8/h4-6,13H,3,7,18H2,1-2H3. The van der Waals surface area contributed by atoms with E-state index in [1.54, 1.807) is 11.7 Å². The third kappa shape index (κ3) is 2.85. The first-order valence-electron chi connectivity index (χ1n) is 6.34.